The second kappa shape index (κ2) is 7.84. The molecule has 0 aliphatic heterocycles. The molecule has 2 aromatic carbocycles. The molecular formula is C18H19BrClNO2. The maximum Gasteiger partial charge on any atom is 0.265 e. The van der Waals surface area contributed by atoms with Crippen LogP contribution in [0.1, 0.15) is 24.5 Å². The van der Waals surface area contributed by atoms with Gasteiger partial charge in [-0.1, -0.05) is 24.6 Å². The molecule has 1 atom stereocenters. The van der Waals surface area contributed by atoms with Crippen molar-refractivity contribution < 1.29 is 9.53 Å². The van der Waals surface area contributed by atoms with Crippen LogP contribution in [0, 0.1) is 13.8 Å². The molecule has 0 bridgehead atoms. The Hall–Kier alpha value is -1.52. The molecule has 0 spiro atoms. The number of anilines is 1. The average Bonchev–Trinajstić information content (AvgIpc) is 2.52. The van der Waals surface area contributed by atoms with E-state index in [4.69, 9.17) is 16.3 Å². The summed E-state index contributed by atoms with van der Waals surface area (Å²) in [6.45, 7) is 5.98. The second-order valence-electron chi connectivity index (χ2n) is 5.38. The minimum absolute atomic E-state index is 0.191. The minimum Gasteiger partial charge on any atom is -0.481 e. The van der Waals surface area contributed by atoms with Gasteiger partial charge in [0.2, 0.25) is 0 Å². The van der Waals surface area contributed by atoms with Crippen LogP contribution in [-0.2, 0) is 4.79 Å². The monoisotopic (exact) mass is 395 g/mol. The number of rotatable bonds is 5. The van der Waals surface area contributed by atoms with Crippen molar-refractivity contribution in [2.45, 2.75) is 33.3 Å². The molecule has 0 aliphatic carbocycles. The Bertz CT molecular complexity index is 718. The molecule has 0 heterocycles. The maximum absolute atomic E-state index is 12.4. The van der Waals surface area contributed by atoms with Gasteiger partial charge in [-0.2, -0.15) is 0 Å². The highest BCUT2D eigenvalue weighted by Crippen LogP contribution is 2.26. The largest absolute Gasteiger partial charge is 0.481 e. The van der Waals surface area contributed by atoms with Gasteiger partial charge in [-0.25, -0.2) is 0 Å². The normalized spacial score (nSPS) is 11.9. The summed E-state index contributed by atoms with van der Waals surface area (Å²) in [5, 5.41) is 3.39. The molecule has 5 heteroatoms. The highest BCUT2D eigenvalue weighted by Gasteiger charge is 2.19. The van der Waals surface area contributed by atoms with Crippen LogP contribution in [0.3, 0.4) is 0 Å². The summed E-state index contributed by atoms with van der Waals surface area (Å²) in [5.74, 6) is 0.507. The van der Waals surface area contributed by atoms with E-state index in [1.54, 1.807) is 18.2 Å². The van der Waals surface area contributed by atoms with E-state index < -0.39 is 6.10 Å². The lowest BCUT2D eigenvalue weighted by Crippen LogP contribution is -2.32. The summed E-state index contributed by atoms with van der Waals surface area (Å²) < 4.78 is 6.62. The van der Waals surface area contributed by atoms with E-state index in [1.807, 2.05) is 39.0 Å². The fourth-order valence-electron chi connectivity index (χ4n) is 2.07. The van der Waals surface area contributed by atoms with Crippen molar-refractivity contribution >= 4 is 39.1 Å². The zero-order valence-corrected chi connectivity index (χ0v) is 15.7. The quantitative estimate of drug-likeness (QED) is 0.723. The van der Waals surface area contributed by atoms with Crippen molar-refractivity contribution in [3.8, 4) is 5.75 Å². The van der Waals surface area contributed by atoms with Crippen molar-refractivity contribution in [1.29, 1.82) is 0 Å². The standard InChI is InChI=1S/C18H19BrClNO2/c1-4-17(23-14-7-5-11(2)12(3)9-14)18(22)21-13-6-8-15(19)16(20)10-13/h5-10,17H,4H2,1-3H3,(H,21,22)/t17-/m0/s1. The van der Waals surface area contributed by atoms with Gasteiger partial charge < -0.3 is 10.1 Å². The van der Waals surface area contributed by atoms with Gasteiger partial charge in [0, 0.05) is 10.2 Å². The number of ether oxygens (including phenoxy) is 1. The molecule has 0 aromatic heterocycles. The Morgan fingerprint density at radius 1 is 1.22 bits per heavy atom. The summed E-state index contributed by atoms with van der Waals surface area (Å²) in [7, 11) is 0. The van der Waals surface area contributed by atoms with Crippen LogP contribution in [0.15, 0.2) is 40.9 Å². The lowest BCUT2D eigenvalue weighted by molar-refractivity contribution is -0.122. The van der Waals surface area contributed by atoms with Crippen LogP contribution >= 0.6 is 27.5 Å². The van der Waals surface area contributed by atoms with Crippen molar-refractivity contribution in [1.82, 2.24) is 0 Å². The van der Waals surface area contributed by atoms with E-state index >= 15 is 0 Å². The lowest BCUT2D eigenvalue weighted by Gasteiger charge is -2.18. The Morgan fingerprint density at radius 2 is 1.96 bits per heavy atom. The highest BCUT2D eigenvalue weighted by atomic mass is 79.9. The van der Waals surface area contributed by atoms with Crippen LogP contribution in [-0.4, -0.2) is 12.0 Å². The van der Waals surface area contributed by atoms with Gasteiger partial charge in [0.25, 0.3) is 5.91 Å². The Balaban J connectivity index is 2.08. The summed E-state index contributed by atoms with van der Waals surface area (Å²) in [5.41, 5.74) is 2.97. The fraction of sp³-hybridized carbons (Fsp3) is 0.278. The minimum atomic E-state index is -0.556. The number of amides is 1. The third-order valence-corrected chi connectivity index (χ3v) is 4.84. The zero-order valence-electron chi connectivity index (χ0n) is 13.3. The zero-order chi connectivity index (χ0) is 17.0. The molecule has 0 aliphatic rings. The first kappa shape index (κ1) is 17.8. The molecule has 0 fully saturated rings. The van der Waals surface area contributed by atoms with Gasteiger partial charge in [-0.05, 0) is 77.7 Å². The van der Waals surface area contributed by atoms with Crippen molar-refractivity contribution in [3.63, 3.8) is 0 Å². The Labute approximate surface area is 150 Å². The maximum atomic E-state index is 12.4. The van der Waals surface area contributed by atoms with E-state index in [9.17, 15) is 4.79 Å². The topological polar surface area (TPSA) is 38.3 Å². The van der Waals surface area contributed by atoms with Gasteiger partial charge in [0.05, 0.1) is 5.02 Å². The molecule has 1 N–H and O–H groups in total. The number of hydrogen-bond donors (Lipinski definition) is 1. The number of carbonyl (C=O) groups is 1. The Morgan fingerprint density at radius 3 is 2.57 bits per heavy atom. The van der Waals surface area contributed by atoms with E-state index in [0.717, 1.165) is 10.0 Å². The molecule has 1 amide bonds. The van der Waals surface area contributed by atoms with Crippen LogP contribution in [0.25, 0.3) is 0 Å². The van der Waals surface area contributed by atoms with Crippen molar-refractivity contribution in [2.24, 2.45) is 0 Å². The summed E-state index contributed by atoms with van der Waals surface area (Å²) in [4.78, 5) is 12.4. The molecule has 23 heavy (non-hydrogen) atoms. The van der Waals surface area contributed by atoms with Crippen LogP contribution in [0.4, 0.5) is 5.69 Å². The molecule has 2 rings (SSSR count). The second-order valence-corrected chi connectivity index (χ2v) is 6.64. The third kappa shape index (κ3) is 4.72. The lowest BCUT2D eigenvalue weighted by atomic mass is 10.1. The highest BCUT2D eigenvalue weighted by molar-refractivity contribution is 9.10. The summed E-state index contributed by atoms with van der Waals surface area (Å²) in [6.07, 6.45) is 0.0164. The summed E-state index contributed by atoms with van der Waals surface area (Å²) >= 11 is 9.37. The molecular weight excluding hydrogens is 378 g/mol. The number of aryl methyl sites for hydroxylation is 2. The van der Waals surface area contributed by atoms with E-state index in [2.05, 4.69) is 21.2 Å². The molecule has 0 radical (unpaired) electrons. The molecule has 0 saturated carbocycles. The van der Waals surface area contributed by atoms with Gasteiger partial charge in [0.15, 0.2) is 6.10 Å². The van der Waals surface area contributed by atoms with E-state index in [-0.39, 0.29) is 5.91 Å². The van der Waals surface area contributed by atoms with Crippen molar-refractivity contribution in [2.75, 3.05) is 5.32 Å². The van der Waals surface area contributed by atoms with Gasteiger partial charge in [-0.3, -0.25) is 4.79 Å². The molecule has 3 nitrogen and oxygen atoms in total. The summed E-state index contributed by atoms with van der Waals surface area (Å²) in [6, 6.07) is 11.1. The number of hydrogen-bond acceptors (Lipinski definition) is 2. The molecule has 2 aromatic rings. The van der Waals surface area contributed by atoms with Crippen LogP contribution in [0.5, 0.6) is 5.75 Å². The van der Waals surface area contributed by atoms with E-state index in [1.165, 1.54) is 5.56 Å². The number of benzene rings is 2. The fourth-order valence-corrected chi connectivity index (χ4v) is 2.50. The number of halogens is 2. The van der Waals surface area contributed by atoms with Crippen molar-refractivity contribution in [3.05, 3.63) is 57.0 Å². The van der Waals surface area contributed by atoms with Crippen LogP contribution < -0.4 is 10.1 Å². The SMILES string of the molecule is CC[C@H](Oc1ccc(C)c(C)c1)C(=O)Nc1ccc(Br)c(Cl)c1. The van der Waals surface area contributed by atoms with Crippen LogP contribution in [0.2, 0.25) is 5.02 Å². The van der Waals surface area contributed by atoms with E-state index in [0.29, 0.717) is 22.9 Å². The predicted octanol–water partition coefficient (Wildman–Crippen LogP) is 5.52. The number of carbonyl (C=O) groups excluding carboxylic acids is 1. The van der Waals surface area contributed by atoms with Gasteiger partial charge >= 0.3 is 0 Å². The van der Waals surface area contributed by atoms with Gasteiger partial charge in [0.1, 0.15) is 5.75 Å². The average molecular weight is 397 g/mol. The number of nitrogens with one attached hydrogen (secondary N) is 1. The van der Waals surface area contributed by atoms with Gasteiger partial charge in [-0.15, -0.1) is 0 Å². The first-order chi connectivity index (χ1) is 10.9. The first-order valence-electron chi connectivity index (χ1n) is 7.40. The first-order valence-corrected chi connectivity index (χ1v) is 8.57. The smallest absolute Gasteiger partial charge is 0.265 e. The molecule has 0 saturated heterocycles. The molecule has 122 valence electrons. The predicted molar refractivity (Wildman–Crippen MR) is 98.4 cm³/mol. The Kier molecular flexibility index (Phi) is 6.08. The third-order valence-electron chi connectivity index (χ3n) is 3.61. The molecule has 0 unspecified atom stereocenters.